The van der Waals surface area contributed by atoms with Crippen LogP contribution in [-0.4, -0.2) is 28.4 Å². The van der Waals surface area contributed by atoms with Crippen molar-refractivity contribution >= 4 is 17.8 Å². The van der Waals surface area contributed by atoms with Crippen LogP contribution in [0.5, 0.6) is 0 Å². The third-order valence-corrected chi connectivity index (χ3v) is 2.66. The summed E-state index contributed by atoms with van der Waals surface area (Å²) in [5, 5.41) is 11.5. The van der Waals surface area contributed by atoms with Crippen LogP contribution in [0.25, 0.3) is 0 Å². The zero-order valence-corrected chi connectivity index (χ0v) is 9.37. The standard InChI is InChI=1S/C10H16N2O4/c1-9(2,5-6(11)13)12-7(14)10(3-4-10)8(15)16/h3-5H2,1-2H3,(H2,11,13)(H,12,14)(H,15,16). The van der Waals surface area contributed by atoms with Gasteiger partial charge in [-0.3, -0.25) is 14.4 Å². The van der Waals surface area contributed by atoms with Crippen LogP contribution < -0.4 is 11.1 Å². The first-order valence-corrected chi connectivity index (χ1v) is 5.04. The molecule has 0 bridgehead atoms. The minimum absolute atomic E-state index is 0.0194. The van der Waals surface area contributed by atoms with Crippen molar-refractivity contribution in [1.29, 1.82) is 0 Å². The molecule has 4 N–H and O–H groups in total. The van der Waals surface area contributed by atoms with Gasteiger partial charge in [0, 0.05) is 12.0 Å². The van der Waals surface area contributed by atoms with Crippen LogP contribution in [-0.2, 0) is 14.4 Å². The van der Waals surface area contributed by atoms with Crippen molar-refractivity contribution in [2.75, 3.05) is 0 Å². The molecular formula is C10H16N2O4. The van der Waals surface area contributed by atoms with E-state index in [1.807, 2.05) is 0 Å². The number of hydrogen-bond donors (Lipinski definition) is 3. The van der Waals surface area contributed by atoms with Gasteiger partial charge >= 0.3 is 5.97 Å². The average Bonchev–Trinajstić information content (AvgIpc) is 2.78. The van der Waals surface area contributed by atoms with Crippen molar-refractivity contribution in [2.24, 2.45) is 11.1 Å². The maximum Gasteiger partial charge on any atom is 0.319 e. The average molecular weight is 228 g/mol. The monoisotopic (exact) mass is 228 g/mol. The van der Waals surface area contributed by atoms with E-state index in [2.05, 4.69) is 5.32 Å². The molecule has 0 unspecified atom stereocenters. The molecule has 0 heterocycles. The molecule has 0 aliphatic heterocycles. The van der Waals surface area contributed by atoms with Gasteiger partial charge in [0.15, 0.2) is 0 Å². The zero-order chi connectivity index (χ0) is 12.6. The van der Waals surface area contributed by atoms with Crippen LogP contribution in [0, 0.1) is 5.41 Å². The molecule has 0 atom stereocenters. The topological polar surface area (TPSA) is 109 Å². The van der Waals surface area contributed by atoms with Gasteiger partial charge in [0.05, 0.1) is 0 Å². The molecule has 0 aromatic carbocycles. The van der Waals surface area contributed by atoms with E-state index in [9.17, 15) is 14.4 Å². The Morgan fingerprint density at radius 3 is 2.19 bits per heavy atom. The van der Waals surface area contributed by atoms with Crippen LogP contribution in [0.4, 0.5) is 0 Å². The Kier molecular flexibility index (Phi) is 2.94. The summed E-state index contributed by atoms with van der Waals surface area (Å²) in [4.78, 5) is 33.4. The van der Waals surface area contributed by atoms with Crippen molar-refractivity contribution in [2.45, 2.75) is 38.6 Å². The Hall–Kier alpha value is -1.59. The first kappa shape index (κ1) is 12.5. The number of primary amides is 1. The summed E-state index contributed by atoms with van der Waals surface area (Å²) in [6, 6.07) is 0. The number of carboxylic acids is 1. The molecule has 6 nitrogen and oxygen atoms in total. The highest BCUT2D eigenvalue weighted by Gasteiger charge is 2.57. The second-order valence-electron chi connectivity index (χ2n) is 4.87. The molecule has 1 fully saturated rings. The highest BCUT2D eigenvalue weighted by molar-refractivity contribution is 6.05. The van der Waals surface area contributed by atoms with Gasteiger partial charge in [-0.1, -0.05) is 0 Å². The summed E-state index contributed by atoms with van der Waals surface area (Å²) in [6.45, 7) is 3.27. The molecule has 16 heavy (non-hydrogen) atoms. The zero-order valence-electron chi connectivity index (χ0n) is 9.37. The third kappa shape index (κ3) is 2.50. The lowest BCUT2D eigenvalue weighted by Crippen LogP contribution is -2.50. The lowest BCUT2D eigenvalue weighted by molar-refractivity contribution is -0.149. The molecule has 90 valence electrons. The van der Waals surface area contributed by atoms with Gasteiger partial charge in [-0.25, -0.2) is 0 Å². The highest BCUT2D eigenvalue weighted by Crippen LogP contribution is 2.46. The van der Waals surface area contributed by atoms with Crippen LogP contribution in [0.2, 0.25) is 0 Å². The van der Waals surface area contributed by atoms with E-state index >= 15 is 0 Å². The fourth-order valence-corrected chi connectivity index (χ4v) is 1.57. The second kappa shape index (κ2) is 3.77. The number of carbonyl (C=O) groups excluding carboxylic acids is 2. The molecule has 6 heteroatoms. The quantitative estimate of drug-likeness (QED) is 0.557. The summed E-state index contributed by atoms with van der Waals surface area (Å²) in [7, 11) is 0. The molecule has 1 rings (SSSR count). The predicted octanol–water partition coefficient (Wildman–Crippen LogP) is -0.379. The summed E-state index contributed by atoms with van der Waals surface area (Å²) in [6.07, 6.45) is 0.677. The number of carboxylic acid groups (broad SMARTS) is 1. The molecule has 2 amide bonds. The normalized spacial score (nSPS) is 17.6. The first-order valence-electron chi connectivity index (χ1n) is 5.04. The Labute approximate surface area is 93.2 Å². The van der Waals surface area contributed by atoms with Crippen molar-refractivity contribution in [1.82, 2.24) is 5.32 Å². The Balaban J connectivity index is 2.64. The SMILES string of the molecule is CC(C)(CC(N)=O)NC(=O)C1(C(=O)O)CC1. The number of amides is 2. The summed E-state index contributed by atoms with van der Waals surface area (Å²) < 4.78 is 0. The molecule has 0 aromatic rings. The van der Waals surface area contributed by atoms with Gasteiger partial charge in [-0.05, 0) is 26.7 Å². The van der Waals surface area contributed by atoms with Gasteiger partial charge in [0.25, 0.3) is 0 Å². The van der Waals surface area contributed by atoms with E-state index in [1.165, 1.54) is 0 Å². The van der Waals surface area contributed by atoms with Gasteiger partial charge in [-0.15, -0.1) is 0 Å². The fraction of sp³-hybridized carbons (Fsp3) is 0.700. The van der Waals surface area contributed by atoms with E-state index in [0.29, 0.717) is 12.8 Å². The van der Waals surface area contributed by atoms with Crippen molar-refractivity contribution in [3.63, 3.8) is 0 Å². The van der Waals surface area contributed by atoms with Crippen molar-refractivity contribution in [3.8, 4) is 0 Å². The van der Waals surface area contributed by atoms with Crippen molar-refractivity contribution < 1.29 is 19.5 Å². The molecule has 0 saturated heterocycles. The smallest absolute Gasteiger partial charge is 0.319 e. The van der Waals surface area contributed by atoms with E-state index in [0.717, 1.165) is 0 Å². The number of carbonyl (C=O) groups is 3. The number of nitrogens with one attached hydrogen (secondary N) is 1. The van der Waals surface area contributed by atoms with Gasteiger partial charge < -0.3 is 16.2 Å². The van der Waals surface area contributed by atoms with Crippen molar-refractivity contribution in [3.05, 3.63) is 0 Å². The van der Waals surface area contributed by atoms with E-state index in [-0.39, 0.29) is 6.42 Å². The lowest BCUT2D eigenvalue weighted by Gasteiger charge is -2.26. The van der Waals surface area contributed by atoms with Crippen LogP contribution in [0.3, 0.4) is 0 Å². The maximum absolute atomic E-state index is 11.7. The molecular weight excluding hydrogens is 212 g/mol. The largest absolute Gasteiger partial charge is 0.480 e. The number of hydrogen-bond acceptors (Lipinski definition) is 3. The number of aliphatic carboxylic acids is 1. The number of rotatable bonds is 5. The van der Waals surface area contributed by atoms with E-state index < -0.39 is 28.7 Å². The third-order valence-electron chi connectivity index (χ3n) is 2.66. The maximum atomic E-state index is 11.7. The van der Waals surface area contributed by atoms with Crippen LogP contribution in [0.1, 0.15) is 33.1 Å². The molecule has 0 aromatic heterocycles. The van der Waals surface area contributed by atoms with Gasteiger partial charge in [0.2, 0.25) is 11.8 Å². The highest BCUT2D eigenvalue weighted by atomic mass is 16.4. The Morgan fingerprint density at radius 2 is 1.88 bits per heavy atom. The summed E-state index contributed by atoms with van der Waals surface area (Å²) >= 11 is 0. The molecule has 1 aliphatic rings. The number of nitrogens with two attached hydrogens (primary N) is 1. The first-order chi connectivity index (χ1) is 7.19. The summed E-state index contributed by atoms with van der Waals surface area (Å²) in [5.41, 5.74) is 2.94. The molecule has 0 radical (unpaired) electrons. The Bertz CT molecular complexity index is 345. The molecule has 1 saturated carbocycles. The van der Waals surface area contributed by atoms with Gasteiger partial charge in [-0.2, -0.15) is 0 Å². The minimum Gasteiger partial charge on any atom is -0.480 e. The second-order valence-corrected chi connectivity index (χ2v) is 4.87. The van der Waals surface area contributed by atoms with Crippen LogP contribution in [0.15, 0.2) is 0 Å². The van der Waals surface area contributed by atoms with Crippen LogP contribution >= 0.6 is 0 Å². The molecule has 0 spiro atoms. The fourth-order valence-electron chi connectivity index (χ4n) is 1.57. The van der Waals surface area contributed by atoms with Gasteiger partial charge in [0.1, 0.15) is 5.41 Å². The Morgan fingerprint density at radius 1 is 1.38 bits per heavy atom. The molecule has 1 aliphatic carbocycles. The summed E-state index contributed by atoms with van der Waals surface area (Å²) in [5.74, 6) is -2.18. The lowest BCUT2D eigenvalue weighted by atomic mass is 9.97. The minimum atomic E-state index is -1.28. The predicted molar refractivity (Wildman–Crippen MR) is 55.3 cm³/mol. The van der Waals surface area contributed by atoms with E-state index in [4.69, 9.17) is 10.8 Å². The van der Waals surface area contributed by atoms with E-state index in [1.54, 1.807) is 13.8 Å².